The van der Waals surface area contributed by atoms with E-state index in [-0.39, 0.29) is 12.5 Å². The zero-order chi connectivity index (χ0) is 10.4. The lowest BCUT2D eigenvalue weighted by atomic mass is 10.4. The van der Waals surface area contributed by atoms with Gasteiger partial charge in [0.1, 0.15) is 5.75 Å². The van der Waals surface area contributed by atoms with Gasteiger partial charge in [0.25, 0.3) is 5.91 Å². The fourth-order valence-corrected chi connectivity index (χ4v) is 0.845. The number of pyridine rings is 1. The average molecular weight is 198 g/mol. The number of halogens is 1. The maximum Gasteiger partial charge on any atom is 0.257 e. The van der Waals surface area contributed by atoms with Gasteiger partial charge in [0, 0.05) is 6.54 Å². The van der Waals surface area contributed by atoms with Gasteiger partial charge in [-0.25, -0.2) is 4.98 Å². The Kier molecular flexibility index (Phi) is 3.84. The Morgan fingerprint density at radius 2 is 2.43 bits per heavy atom. The number of nitrogens with zero attached hydrogens (tertiary/aromatic N) is 1. The second kappa shape index (κ2) is 5.16. The lowest BCUT2D eigenvalue weighted by molar-refractivity contribution is -0.122. The molecule has 0 bridgehead atoms. The van der Waals surface area contributed by atoms with Crippen molar-refractivity contribution in [3.05, 3.63) is 24.3 Å². The van der Waals surface area contributed by atoms with Gasteiger partial charge in [0.15, 0.2) is 6.61 Å². The molecular formula is C9H11FN2O2. The number of nitrogens with one attached hydrogen (secondary N) is 1. The van der Waals surface area contributed by atoms with Crippen LogP contribution in [0.3, 0.4) is 0 Å². The van der Waals surface area contributed by atoms with Gasteiger partial charge in [-0.15, -0.1) is 0 Å². The number of hydrogen-bond donors (Lipinski definition) is 1. The summed E-state index contributed by atoms with van der Waals surface area (Å²) in [6.07, 6.45) is 1.23. The Morgan fingerprint density at radius 1 is 1.64 bits per heavy atom. The van der Waals surface area contributed by atoms with Crippen molar-refractivity contribution in [3.63, 3.8) is 0 Å². The summed E-state index contributed by atoms with van der Waals surface area (Å²) in [5.41, 5.74) is 0. The summed E-state index contributed by atoms with van der Waals surface area (Å²) in [4.78, 5) is 14.3. The molecule has 0 saturated carbocycles. The first-order chi connectivity index (χ1) is 6.72. The van der Waals surface area contributed by atoms with Gasteiger partial charge in [-0.2, -0.15) is 4.39 Å². The lowest BCUT2D eigenvalue weighted by Gasteiger charge is -2.04. The molecule has 1 aromatic rings. The van der Waals surface area contributed by atoms with Crippen molar-refractivity contribution < 1.29 is 13.9 Å². The van der Waals surface area contributed by atoms with Crippen molar-refractivity contribution in [2.45, 2.75) is 6.92 Å². The molecule has 1 heterocycles. The maximum absolute atomic E-state index is 12.4. The Bertz CT molecular complexity index is 300. The number of carbonyl (C=O) groups excluding carboxylic acids is 1. The molecule has 0 saturated heterocycles. The van der Waals surface area contributed by atoms with Crippen LogP contribution >= 0.6 is 0 Å². The summed E-state index contributed by atoms with van der Waals surface area (Å²) in [6.45, 7) is 2.29. The molecule has 0 radical (unpaired) electrons. The van der Waals surface area contributed by atoms with Crippen LogP contribution in [0.25, 0.3) is 0 Å². The molecule has 0 aliphatic rings. The molecule has 76 valence electrons. The van der Waals surface area contributed by atoms with Gasteiger partial charge in [0.05, 0.1) is 6.20 Å². The molecule has 1 rings (SSSR count). The average Bonchev–Trinajstić information content (AvgIpc) is 2.17. The van der Waals surface area contributed by atoms with Crippen LogP contribution in [-0.2, 0) is 4.79 Å². The summed E-state index contributed by atoms with van der Waals surface area (Å²) in [7, 11) is 0. The molecule has 0 aliphatic heterocycles. The molecule has 0 unspecified atom stereocenters. The van der Waals surface area contributed by atoms with Gasteiger partial charge in [0.2, 0.25) is 5.95 Å². The smallest absolute Gasteiger partial charge is 0.257 e. The van der Waals surface area contributed by atoms with Crippen LogP contribution in [0.2, 0.25) is 0 Å². The number of aromatic nitrogens is 1. The van der Waals surface area contributed by atoms with E-state index < -0.39 is 5.95 Å². The first-order valence-corrected chi connectivity index (χ1v) is 4.23. The van der Waals surface area contributed by atoms with E-state index >= 15 is 0 Å². The highest BCUT2D eigenvalue weighted by Gasteiger charge is 2.00. The van der Waals surface area contributed by atoms with E-state index in [1.54, 1.807) is 0 Å². The predicted octanol–water partition coefficient (Wildman–Crippen LogP) is 0.736. The molecule has 0 fully saturated rings. The molecule has 1 N–H and O–H groups in total. The molecule has 5 heteroatoms. The maximum atomic E-state index is 12.4. The zero-order valence-electron chi connectivity index (χ0n) is 7.79. The largest absolute Gasteiger partial charge is 0.482 e. The Hall–Kier alpha value is -1.65. The summed E-state index contributed by atoms with van der Waals surface area (Å²) >= 11 is 0. The minimum atomic E-state index is -0.574. The third-order valence-electron chi connectivity index (χ3n) is 1.44. The molecule has 1 aromatic heterocycles. The number of amides is 1. The van der Waals surface area contributed by atoms with Gasteiger partial charge in [-0.1, -0.05) is 0 Å². The van der Waals surface area contributed by atoms with Crippen molar-refractivity contribution >= 4 is 5.91 Å². The molecular weight excluding hydrogens is 187 g/mol. The van der Waals surface area contributed by atoms with Crippen LogP contribution in [0.15, 0.2) is 18.3 Å². The number of likely N-dealkylation sites (N-methyl/N-ethyl adjacent to an activating group) is 1. The van der Waals surface area contributed by atoms with Crippen molar-refractivity contribution in [1.82, 2.24) is 10.3 Å². The normalized spacial score (nSPS) is 9.57. The molecule has 0 aliphatic carbocycles. The van der Waals surface area contributed by atoms with E-state index in [0.29, 0.717) is 12.3 Å². The molecule has 14 heavy (non-hydrogen) atoms. The van der Waals surface area contributed by atoms with E-state index in [0.717, 1.165) is 0 Å². The second-order valence-corrected chi connectivity index (χ2v) is 2.56. The quantitative estimate of drug-likeness (QED) is 0.726. The third kappa shape index (κ3) is 3.38. The van der Waals surface area contributed by atoms with Crippen LogP contribution < -0.4 is 10.1 Å². The highest BCUT2D eigenvalue weighted by atomic mass is 19.1. The summed E-state index contributed by atoms with van der Waals surface area (Å²) < 4.78 is 17.4. The van der Waals surface area contributed by atoms with Crippen molar-refractivity contribution in [2.24, 2.45) is 0 Å². The Labute approximate surface area is 81.1 Å². The van der Waals surface area contributed by atoms with E-state index in [2.05, 4.69) is 10.3 Å². The van der Waals surface area contributed by atoms with Gasteiger partial charge < -0.3 is 10.1 Å². The molecule has 0 atom stereocenters. The van der Waals surface area contributed by atoms with Gasteiger partial charge >= 0.3 is 0 Å². The minimum Gasteiger partial charge on any atom is -0.482 e. The van der Waals surface area contributed by atoms with Crippen molar-refractivity contribution in [2.75, 3.05) is 13.2 Å². The Balaban J connectivity index is 2.38. The van der Waals surface area contributed by atoms with Crippen LogP contribution in [-0.4, -0.2) is 24.0 Å². The van der Waals surface area contributed by atoms with Crippen LogP contribution in [0.1, 0.15) is 6.92 Å². The number of ether oxygens (including phenoxy) is 1. The van der Waals surface area contributed by atoms with E-state index in [1.165, 1.54) is 18.3 Å². The first kappa shape index (κ1) is 10.4. The summed E-state index contributed by atoms with van der Waals surface area (Å²) in [5.74, 6) is -0.412. The monoisotopic (exact) mass is 198 g/mol. The first-order valence-electron chi connectivity index (χ1n) is 4.23. The molecule has 4 nitrogen and oxygen atoms in total. The molecule has 0 aromatic carbocycles. The highest BCUT2D eigenvalue weighted by molar-refractivity contribution is 5.77. The SMILES string of the molecule is CCNC(=O)COc1ccc(F)nc1. The van der Waals surface area contributed by atoms with Gasteiger partial charge in [-0.05, 0) is 19.1 Å². The highest BCUT2D eigenvalue weighted by Crippen LogP contribution is 2.07. The van der Waals surface area contributed by atoms with Crippen molar-refractivity contribution in [3.8, 4) is 5.75 Å². The van der Waals surface area contributed by atoms with Crippen LogP contribution in [0.5, 0.6) is 5.75 Å². The van der Waals surface area contributed by atoms with Gasteiger partial charge in [-0.3, -0.25) is 4.79 Å². The molecule has 0 spiro atoms. The number of carbonyl (C=O) groups is 1. The van der Waals surface area contributed by atoms with E-state index in [4.69, 9.17) is 4.74 Å². The minimum absolute atomic E-state index is 0.0822. The number of hydrogen-bond acceptors (Lipinski definition) is 3. The van der Waals surface area contributed by atoms with E-state index in [9.17, 15) is 9.18 Å². The number of rotatable bonds is 4. The zero-order valence-corrected chi connectivity index (χ0v) is 7.79. The topological polar surface area (TPSA) is 51.2 Å². The third-order valence-corrected chi connectivity index (χ3v) is 1.44. The standard InChI is InChI=1S/C9H11FN2O2/c1-2-11-9(13)6-14-7-3-4-8(10)12-5-7/h3-5H,2,6H2,1H3,(H,11,13). The van der Waals surface area contributed by atoms with Crippen molar-refractivity contribution in [1.29, 1.82) is 0 Å². The van der Waals surface area contributed by atoms with E-state index in [1.807, 2.05) is 6.92 Å². The summed E-state index contributed by atoms with van der Waals surface area (Å²) in [6, 6.07) is 2.59. The molecule has 1 amide bonds. The predicted molar refractivity (Wildman–Crippen MR) is 48.4 cm³/mol. The van der Waals surface area contributed by atoms with Crippen LogP contribution in [0, 0.1) is 5.95 Å². The summed E-state index contributed by atoms with van der Waals surface area (Å²) in [5, 5.41) is 2.57. The Morgan fingerprint density at radius 3 is 3.00 bits per heavy atom. The van der Waals surface area contributed by atoms with Crippen LogP contribution in [0.4, 0.5) is 4.39 Å². The fourth-order valence-electron chi connectivity index (χ4n) is 0.845. The fraction of sp³-hybridized carbons (Fsp3) is 0.333. The lowest BCUT2D eigenvalue weighted by Crippen LogP contribution is -2.28. The second-order valence-electron chi connectivity index (χ2n) is 2.56.